The summed E-state index contributed by atoms with van der Waals surface area (Å²) in [6, 6.07) is 0. The Bertz CT molecular complexity index is 280. The third-order valence-electron chi connectivity index (χ3n) is 2.49. The lowest BCUT2D eigenvalue weighted by molar-refractivity contribution is 0.0911. The number of nitrogens with one attached hydrogen (secondary N) is 1. The minimum Gasteiger partial charge on any atom is -0.378 e. The van der Waals surface area contributed by atoms with E-state index >= 15 is 0 Å². The molecule has 0 aliphatic carbocycles. The van der Waals surface area contributed by atoms with Gasteiger partial charge in [-0.05, 0) is 26.2 Å². The van der Waals surface area contributed by atoms with Gasteiger partial charge < -0.3 is 4.74 Å². The van der Waals surface area contributed by atoms with Crippen LogP contribution in [0.5, 0.6) is 0 Å². The average Bonchev–Trinajstić information content (AvgIpc) is 2.23. The van der Waals surface area contributed by atoms with Crippen molar-refractivity contribution >= 4 is 26.0 Å². The molecule has 17 heavy (non-hydrogen) atoms. The highest BCUT2D eigenvalue weighted by molar-refractivity contribution is 9.09. The second kappa shape index (κ2) is 9.30. The van der Waals surface area contributed by atoms with Crippen molar-refractivity contribution in [2.75, 3.05) is 24.2 Å². The number of halogens is 1. The lowest BCUT2D eigenvalue weighted by atomic mass is 10.0. The maximum Gasteiger partial charge on any atom is 0.213 e. The highest BCUT2D eigenvalue weighted by atomic mass is 79.9. The Labute approximate surface area is 114 Å². The minimum atomic E-state index is -3.19. The van der Waals surface area contributed by atoms with Crippen molar-refractivity contribution in [1.29, 1.82) is 0 Å². The lowest BCUT2D eigenvalue weighted by Gasteiger charge is -2.15. The van der Waals surface area contributed by atoms with E-state index in [1.165, 1.54) is 0 Å². The van der Waals surface area contributed by atoms with Crippen LogP contribution < -0.4 is 4.72 Å². The van der Waals surface area contributed by atoms with Gasteiger partial charge in [-0.15, -0.1) is 0 Å². The van der Waals surface area contributed by atoms with Crippen molar-refractivity contribution in [2.24, 2.45) is 5.92 Å². The molecule has 0 saturated heterocycles. The van der Waals surface area contributed by atoms with Crippen LogP contribution in [0.1, 0.15) is 33.6 Å². The SMILES string of the molecule is CCC(CCBr)CNS(=O)(=O)CCOC(C)C. The van der Waals surface area contributed by atoms with Crippen molar-refractivity contribution in [3.05, 3.63) is 0 Å². The Morgan fingerprint density at radius 3 is 2.47 bits per heavy atom. The third-order valence-corrected chi connectivity index (χ3v) is 4.26. The first-order valence-electron chi connectivity index (χ1n) is 6.06. The number of ether oxygens (including phenoxy) is 1. The summed E-state index contributed by atoms with van der Waals surface area (Å²) in [5.74, 6) is 0.436. The summed E-state index contributed by atoms with van der Waals surface area (Å²) in [6.45, 7) is 6.63. The molecule has 0 bridgehead atoms. The Morgan fingerprint density at radius 2 is 2.00 bits per heavy atom. The zero-order valence-corrected chi connectivity index (χ0v) is 13.3. The van der Waals surface area contributed by atoms with Gasteiger partial charge in [0.25, 0.3) is 0 Å². The number of rotatable bonds is 10. The first kappa shape index (κ1) is 17.4. The maximum absolute atomic E-state index is 11.6. The molecule has 4 nitrogen and oxygen atoms in total. The zero-order chi connectivity index (χ0) is 13.3. The van der Waals surface area contributed by atoms with E-state index in [0.717, 1.165) is 18.2 Å². The lowest BCUT2D eigenvalue weighted by Crippen LogP contribution is -2.33. The molecule has 0 amide bonds. The van der Waals surface area contributed by atoms with Gasteiger partial charge in [-0.25, -0.2) is 13.1 Å². The van der Waals surface area contributed by atoms with Gasteiger partial charge in [0.2, 0.25) is 10.0 Å². The standard InChI is InChI=1S/C11H24BrNO3S/c1-4-11(5-6-12)9-13-17(14,15)8-7-16-10(2)3/h10-11,13H,4-9H2,1-3H3. The predicted octanol–water partition coefficient (Wildman–Crippen LogP) is 2.14. The molecule has 0 aromatic carbocycles. The van der Waals surface area contributed by atoms with Crippen molar-refractivity contribution in [3.63, 3.8) is 0 Å². The van der Waals surface area contributed by atoms with E-state index < -0.39 is 10.0 Å². The van der Waals surface area contributed by atoms with Crippen molar-refractivity contribution in [2.45, 2.75) is 39.7 Å². The summed E-state index contributed by atoms with van der Waals surface area (Å²) in [5, 5.41) is 0.906. The minimum absolute atomic E-state index is 0.0376. The summed E-state index contributed by atoms with van der Waals surface area (Å²) in [4.78, 5) is 0. The molecule has 1 unspecified atom stereocenters. The van der Waals surface area contributed by atoms with Gasteiger partial charge >= 0.3 is 0 Å². The topological polar surface area (TPSA) is 55.4 Å². The van der Waals surface area contributed by atoms with Crippen LogP contribution in [0.4, 0.5) is 0 Å². The highest BCUT2D eigenvalue weighted by Gasteiger charge is 2.13. The van der Waals surface area contributed by atoms with Gasteiger partial charge in [0, 0.05) is 11.9 Å². The third kappa shape index (κ3) is 10.00. The fourth-order valence-electron chi connectivity index (χ4n) is 1.32. The van der Waals surface area contributed by atoms with Gasteiger partial charge in [0.1, 0.15) is 0 Å². The molecular weight excluding hydrogens is 306 g/mol. The van der Waals surface area contributed by atoms with Crippen LogP contribution in [0.15, 0.2) is 0 Å². The normalized spacial score (nSPS) is 14.2. The molecule has 0 rings (SSSR count). The Balaban J connectivity index is 3.91. The Morgan fingerprint density at radius 1 is 1.35 bits per heavy atom. The van der Waals surface area contributed by atoms with E-state index in [0.29, 0.717) is 12.5 Å². The molecule has 0 aromatic heterocycles. The molecular formula is C11H24BrNO3S. The Kier molecular flexibility index (Phi) is 9.49. The van der Waals surface area contributed by atoms with Gasteiger partial charge in [-0.1, -0.05) is 29.3 Å². The predicted molar refractivity (Wildman–Crippen MR) is 75.1 cm³/mol. The molecule has 6 heteroatoms. The fourth-order valence-corrected chi connectivity index (χ4v) is 2.91. The highest BCUT2D eigenvalue weighted by Crippen LogP contribution is 2.09. The summed E-state index contributed by atoms with van der Waals surface area (Å²) in [5.41, 5.74) is 0. The molecule has 0 spiro atoms. The Hall–Kier alpha value is 0.350. The van der Waals surface area contributed by atoms with E-state index in [4.69, 9.17) is 4.74 Å². The van der Waals surface area contributed by atoms with E-state index in [2.05, 4.69) is 27.6 Å². The number of sulfonamides is 1. The summed E-state index contributed by atoms with van der Waals surface area (Å²) in [6.07, 6.45) is 2.04. The van der Waals surface area contributed by atoms with E-state index in [-0.39, 0.29) is 18.5 Å². The van der Waals surface area contributed by atoms with Crippen molar-refractivity contribution < 1.29 is 13.2 Å². The molecule has 0 heterocycles. The molecule has 0 radical (unpaired) electrons. The van der Waals surface area contributed by atoms with Crippen LogP contribution >= 0.6 is 15.9 Å². The van der Waals surface area contributed by atoms with Crippen LogP contribution in [-0.2, 0) is 14.8 Å². The smallest absolute Gasteiger partial charge is 0.213 e. The number of hydrogen-bond acceptors (Lipinski definition) is 3. The molecule has 1 N–H and O–H groups in total. The maximum atomic E-state index is 11.6. The molecule has 0 aromatic rings. The zero-order valence-electron chi connectivity index (χ0n) is 10.9. The molecule has 0 aliphatic rings. The molecule has 104 valence electrons. The van der Waals surface area contributed by atoms with E-state index in [9.17, 15) is 8.42 Å². The second-order valence-corrected chi connectivity index (χ2v) is 7.06. The monoisotopic (exact) mass is 329 g/mol. The van der Waals surface area contributed by atoms with Crippen LogP contribution in [0.2, 0.25) is 0 Å². The average molecular weight is 330 g/mol. The summed E-state index contributed by atoms with van der Waals surface area (Å²) in [7, 11) is -3.19. The summed E-state index contributed by atoms with van der Waals surface area (Å²) < 4.78 is 31.1. The van der Waals surface area contributed by atoms with Gasteiger partial charge in [0.05, 0.1) is 18.5 Å². The van der Waals surface area contributed by atoms with E-state index in [1.807, 2.05) is 13.8 Å². The largest absolute Gasteiger partial charge is 0.378 e. The molecule has 0 aliphatic heterocycles. The first-order chi connectivity index (χ1) is 7.91. The van der Waals surface area contributed by atoms with Crippen LogP contribution in [-0.4, -0.2) is 38.8 Å². The van der Waals surface area contributed by atoms with Crippen molar-refractivity contribution in [3.8, 4) is 0 Å². The quantitative estimate of drug-likeness (QED) is 0.625. The summed E-state index contributed by atoms with van der Waals surface area (Å²) >= 11 is 3.37. The van der Waals surface area contributed by atoms with E-state index in [1.54, 1.807) is 0 Å². The fraction of sp³-hybridized carbons (Fsp3) is 1.00. The second-order valence-electron chi connectivity index (χ2n) is 4.34. The van der Waals surface area contributed by atoms with Gasteiger partial charge in [-0.3, -0.25) is 0 Å². The van der Waals surface area contributed by atoms with Crippen LogP contribution in [0.3, 0.4) is 0 Å². The molecule has 1 atom stereocenters. The molecule has 0 fully saturated rings. The van der Waals surface area contributed by atoms with Crippen LogP contribution in [0, 0.1) is 5.92 Å². The van der Waals surface area contributed by atoms with Gasteiger partial charge in [-0.2, -0.15) is 0 Å². The molecule has 0 saturated carbocycles. The first-order valence-corrected chi connectivity index (χ1v) is 8.83. The van der Waals surface area contributed by atoms with Gasteiger partial charge in [0.15, 0.2) is 0 Å². The van der Waals surface area contributed by atoms with Crippen molar-refractivity contribution in [1.82, 2.24) is 4.72 Å². The van der Waals surface area contributed by atoms with Crippen LogP contribution in [0.25, 0.3) is 0 Å². The number of alkyl halides is 1. The number of hydrogen-bond donors (Lipinski definition) is 1.